The van der Waals surface area contributed by atoms with Crippen LogP contribution in [-0.2, 0) is 9.09 Å². The van der Waals surface area contributed by atoms with Crippen molar-refractivity contribution < 1.29 is 13.5 Å². The summed E-state index contributed by atoms with van der Waals surface area (Å²) in [4.78, 5) is 6.86. The lowest BCUT2D eigenvalue weighted by Crippen LogP contribution is -2.36. The molecule has 1 saturated heterocycles. The van der Waals surface area contributed by atoms with Crippen LogP contribution < -0.4 is 15.6 Å². The molecule has 1 aliphatic heterocycles. The molecule has 3 aromatic rings. The Bertz CT molecular complexity index is 1050. The summed E-state index contributed by atoms with van der Waals surface area (Å²) in [5.74, 6) is 1.54. The van der Waals surface area contributed by atoms with E-state index in [1.165, 1.54) is 0 Å². The van der Waals surface area contributed by atoms with Crippen LogP contribution in [-0.4, -0.2) is 24.7 Å². The van der Waals surface area contributed by atoms with E-state index in [2.05, 4.69) is 11.8 Å². The molecule has 0 saturated carbocycles. The van der Waals surface area contributed by atoms with Gasteiger partial charge < -0.3 is 13.8 Å². The fourth-order valence-electron chi connectivity index (χ4n) is 3.73. The van der Waals surface area contributed by atoms with E-state index < -0.39 is 7.37 Å². The van der Waals surface area contributed by atoms with Crippen molar-refractivity contribution in [3.05, 3.63) is 59.6 Å². The smallest absolute Gasteiger partial charge is 0.284 e. The maximum atomic E-state index is 14.3. The molecule has 0 amide bonds. The Balaban J connectivity index is 1.88. The first-order valence-electron chi connectivity index (χ1n) is 10.3. The van der Waals surface area contributed by atoms with Crippen LogP contribution in [0.25, 0.3) is 11.5 Å². The Hall–Kier alpha value is -2.07. The molecule has 1 atom stereocenters. The first-order chi connectivity index (χ1) is 14.5. The lowest BCUT2D eigenvalue weighted by molar-refractivity contribution is 0.347. The zero-order valence-corrected chi connectivity index (χ0v) is 18.9. The van der Waals surface area contributed by atoms with Gasteiger partial charge in [-0.05, 0) is 49.9 Å². The van der Waals surface area contributed by atoms with Crippen LogP contribution >= 0.6 is 19.0 Å². The molecular weight excluding hydrogens is 419 g/mol. The Labute approximate surface area is 182 Å². The quantitative estimate of drug-likeness (QED) is 0.470. The highest BCUT2D eigenvalue weighted by molar-refractivity contribution is 7.74. The minimum absolute atomic E-state index is 0.303. The van der Waals surface area contributed by atoms with Crippen molar-refractivity contribution in [2.45, 2.75) is 26.7 Å². The number of aromatic nitrogens is 1. The minimum Gasteiger partial charge on any atom is -0.420 e. The SMILES string of the molecule is CCOP(=O)(c1ccccc1)c1nc(-c2ccccc2Cl)oc1N1CCC(C)CC1. The van der Waals surface area contributed by atoms with E-state index in [0.717, 1.165) is 25.9 Å². The van der Waals surface area contributed by atoms with E-state index in [-0.39, 0.29) is 0 Å². The second-order valence-electron chi connectivity index (χ2n) is 7.60. The second-order valence-corrected chi connectivity index (χ2v) is 10.3. The summed E-state index contributed by atoms with van der Waals surface area (Å²) in [5.41, 5.74) is 1.04. The van der Waals surface area contributed by atoms with Crippen LogP contribution in [0.1, 0.15) is 26.7 Å². The number of hydrogen-bond acceptors (Lipinski definition) is 5. The number of piperidine rings is 1. The molecule has 1 fully saturated rings. The maximum Gasteiger partial charge on any atom is 0.284 e. The van der Waals surface area contributed by atoms with Gasteiger partial charge in [-0.3, -0.25) is 4.57 Å². The van der Waals surface area contributed by atoms with E-state index >= 15 is 0 Å². The molecule has 0 bridgehead atoms. The van der Waals surface area contributed by atoms with Gasteiger partial charge in [-0.25, -0.2) is 4.98 Å². The fraction of sp³-hybridized carbons (Fsp3) is 0.348. The molecule has 5 nitrogen and oxygen atoms in total. The molecule has 2 aromatic carbocycles. The molecule has 1 aliphatic rings. The average molecular weight is 445 g/mol. The predicted molar refractivity (Wildman–Crippen MR) is 123 cm³/mol. The zero-order valence-electron chi connectivity index (χ0n) is 17.3. The molecule has 0 aliphatic carbocycles. The highest BCUT2D eigenvalue weighted by Gasteiger charge is 2.38. The van der Waals surface area contributed by atoms with E-state index in [0.29, 0.717) is 45.6 Å². The summed E-state index contributed by atoms with van der Waals surface area (Å²) in [6.07, 6.45) is 2.09. The molecule has 7 heteroatoms. The van der Waals surface area contributed by atoms with Crippen molar-refractivity contribution in [3.63, 3.8) is 0 Å². The summed E-state index contributed by atoms with van der Waals surface area (Å²) in [5, 5.41) is 1.15. The molecule has 0 spiro atoms. The topological polar surface area (TPSA) is 55.6 Å². The molecular formula is C23H26ClN2O3P. The Morgan fingerprint density at radius 1 is 1.13 bits per heavy atom. The van der Waals surface area contributed by atoms with Crippen molar-refractivity contribution in [2.24, 2.45) is 5.92 Å². The summed E-state index contributed by atoms with van der Waals surface area (Å²) < 4.78 is 26.4. The lowest BCUT2D eigenvalue weighted by Gasteiger charge is -2.31. The molecule has 0 N–H and O–H groups in total. The van der Waals surface area contributed by atoms with E-state index in [4.69, 9.17) is 25.5 Å². The monoisotopic (exact) mass is 444 g/mol. The van der Waals surface area contributed by atoms with Gasteiger partial charge in [0.2, 0.25) is 11.8 Å². The number of rotatable bonds is 6. The van der Waals surface area contributed by atoms with Gasteiger partial charge >= 0.3 is 0 Å². The van der Waals surface area contributed by atoms with Crippen molar-refractivity contribution in [2.75, 3.05) is 24.6 Å². The van der Waals surface area contributed by atoms with Gasteiger partial charge in [0, 0.05) is 18.4 Å². The number of benzene rings is 2. The van der Waals surface area contributed by atoms with Gasteiger partial charge in [-0.1, -0.05) is 48.9 Å². The number of oxazole rings is 1. The van der Waals surface area contributed by atoms with Crippen LogP contribution in [0.2, 0.25) is 5.02 Å². The molecule has 0 radical (unpaired) electrons. The molecule has 1 aromatic heterocycles. The van der Waals surface area contributed by atoms with Gasteiger partial charge in [-0.15, -0.1) is 0 Å². The van der Waals surface area contributed by atoms with Gasteiger partial charge in [0.25, 0.3) is 7.37 Å². The maximum absolute atomic E-state index is 14.3. The molecule has 4 rings (SSSR count). The summed E-state index contributed by atoms with van der Waals surface area (Å²) in [6.45, 7) is 6.05. The van der Waals surface area contributed by atoms with Crippen molar-refractivity contribution >= 4 is 35.6 Å². The summed E-state index contributed by atoms with van der Waals surface area (Å²) in [6, 6.07) is 16.6. The third kappa shape index (κ3) is 4.07. The van der Waals surface area contributed by atoms with Crippen LogP contribution in [0, 0.1) is 5.92 Å². The predicted octanol–water partition coefficient (Wildman–Crippen LogP) is 5.50. The molecule has 30 heavy (non-hydrogen) atoms. The first kappa shape index (κ1) is 21.2. The summed E-state index contributed by atoms with van der Waals surface area (Å²) in [7, 11) is -3.45. The normalized spacial score (nSPS) is 17.1. The highest BCUT2D eigenvalue weighted by Crippen LogP contribution is 2.48. The van der Waals surface area contributed by atoms with Gasteiger partial charge in [0.15, 0.2) is 5.44 Å². The number of hydrogen-bond donors (Lipinski definition) is 0. The lowest BCUT2D eigenvalue weighted by atomic mass is 9.99. The fourth-order valence-corrected chi connectivity index (χ4v) is 6.05. The van der Waals surface area contributed by atoms with Gasteiger partial charge in [0.1, 0.15) is 0 Å². The van der Waals surface area contributed by atoms with Crippen molar-refractivity contribution in [3.8, 4) is 11.5 Å². The Morgan fingerprint density at radius 2 is 1.80 bits per heavy atom. The zero-order chi connectivity index (χ0) is 21.1. The van der Waals surface area contributed by atoms with Crippen molar-refractivity contribution in [1.29, 1.82) is 0 Å². The first-order valence-corrected chi connectivity index (χ1v) is 12.3. The van der Waals surface area contributed by atoms with Gasteiger partial charge in [0.05, 0.1) is 17.2 Å². The number of nitrogens with zero attached hydrogens (tertiary/aromatic N) is 2. The van der Waals surface area contributed by atoms with Crippen LogP contribution in [0.3, 0.4) is 0 Å². The number of anilines is 1. The minimum atomic E-state index is -3.45. The summed E-state index contributed by atoms with van der Waals surface area (Å²) >= 11 is 6.40. The number of halogens is 1. The van der Waals surface area contributed by atoms with Crippen LogP contribution in [0.4, 0.5) is 5.88 Å². The highest BCUT2D eigenvalue weighted by atomic mass is 35.5. The van der Waals surface area contributed by atoms with Crippen LogP contribution in [0.15, 0.2) is 59.0 Å². The second kappa shape index (κ2) is 8.97. The molecule has 158 valence electrons. The van der Waals surface area contributed by atoms with E-state index in [1.54, 1.807) is 6.07 Å². The third-order valence-corrected chi connectivity index (χ3v) is 8.23. The Morgan fingerprint density at radius 3 is 2.47 bits per heavy atom. The van der Waals surface area contributed by atoms with E-state index in [1.807, 2.05) is 55.5 Å². The third-order valence-electron chi connectivity index (χ3n) is 5.45. The standard InChI is InChI=1S/C23H26ClN2O3P/c1-3-28-30(27,18-9-5-4-6-10-18)22-23(26-15-13-17(2)14-16-26)29-21(25-22)19-11-7-8-12-20(19)24/h4-12,17H,3,13-16H2,1-2H3. The van der Waals surface area contributed by atoms with Gasteiger partial charge in [-0.2, -0.15) is 0 Å². The molecule has 2 heterocycles. The van der Waals surface area contributed by atoms with Crippen molar-refractivity contribution in [1.82, 2.24) is 4.98 Å². The largest absolute Gasteiger partial charge is 0.420 e. The average Bonchev–Trinajstić information content (AvgIpc) is 3.21. The Kier molecular flexibility index (Phi) is 6.33. The molecule has 1 unspecified atom stereocenters. The van der Waals surface area contributed by atoms with E-state index in [9.17, 15) is 4.57 Å². The van der Waals surface area contributed by atoms with Crippen LogP contribution in [0.5, 0.6) is 0 Å².